The minimum atomic E-state index is -0.496. The number of hydrogen-bond donors (Lipinski definition) is 1. The highest BCUT2D eigenvalue weighted by molar-refractivity contribution is 7.22. The summed E-state index contributed by atoms with van der Waals surface area (Å²) in [5.74, 6) is 0.235. The molecular formula is C22H16ClN3O3S. The number of anilines is 1. The molecule has 8 heteroatoms. The zero-order chi connectivity index (χ0) is 20.9. The first-order valence-corrected chi connectivity index (χ1v) is 10.1. The van der Waals surface area contributed by atoms with Gasteiger partial charge in [0.1, 0.15) is 0 Å². The Kier molecular flexibility index (Phi) is 5.92. The van der Waals surface area contributed by atoms with E-state index >= 15 is 0 Å². The summed E-state index contributed by atoms with van der Waals surface area (Å²) in [5.41, 5.74) is 5.02. The van der Waals surface area contributed by atoms with Gasteiger partial charge in [-0.05, 0) is 60.2 Å². The molecule has 0 saturated carbocycles. The number of benzene rings is 3. The van der Waals surface area contributed by atoms with Gasteiger partial charge < -0.3 is 9.47 Å². The number of ether oxygens (including phenoxy) is 2. The van der Waals surface area contributed by atoms with E-state index in [1.54, 1.807) is 48.7 Å². The van der Waals surface area contributed by atoms with Crippen molar-refractivity contribution in [3.05, 3.63) is 82.9 Å². The molecule has 0 atom stereocenters. The van der Waals surface area contributed by atoms with E-state index in [0.29, 0.717) is 27.2 Å². The minimum absolute atomic E-state index is 0.314. The van der Waals surface area contributed by atoms with E-state index in [1.807, 2.05) is 24.3 Å². The van der Waals surface area contributed by atoms with E-state index in [-0.39, 0.29) is 0 Å². The van der Waals surface area contributed by atoms with Crippen LogP contribution >= 0.6 is 22.9 Å². The Morgan fingerprint density at radius 3 is 2.67 bits per heavy atom. The predicted octanol–water partition coefficient (Wildman–Crippen LogP) is 5.62. The first kappa shape index (κ1) is 19.9. The Labute approximate surface area is 181 Å². The van der Waals surface area contributed by atoms with Gasteiger partial charge in [0, 0.05) is 5.02 Å². The molecule has 0 aliphatic carbocycles. The van der Waals surface area contributed by atoms with Crippen molar-refractivity contribution >= 4 is 50.5 Å². The molecule has 0 amide bonds. The highest BCUT2D eigenvalue weighted by Crippen LogP contribution is 2.29. The van der Waals surface area contributed by atoms with Crippen molar-refractivity contribution in [2.24, 2.45) is 5.10 Å². The average Bonchev–Trinajstić information content (AvgIpc) is 3.18. The van der Waals surface area contributed by atoms with Gasteiger partial charge in [-0.1, -0.05) is 35.1 Å². The zero-order valence-corrected chi connectivity index (χ0v) is 17.4. The topological polar surface area (TPSA) is 72.8 Å². The standard InChI is InChI=1S/C22H16ClN3O3S/c1-28-19-12-14(13-24-26-22-25-17-4-2-3-5-20(17)30-22)6-11-18(19)29-21(27)15-7-9-16(23)10-8-15/h2-13H,1H3,(H,25,26)/b24-13-. The van der Waals surface area contributed by atoms with Gasteiger partial charge in [0.15, 0.2) is 11.5 Å². The molecule has 0 aliphatic heterocycles. The number of para-hydroxylation sites is 1. The van der Waals surface area contributed by atoms with Crippen LogP contribution in [0.25, 0.3) is 10.2 Å². The SMILES string of the molecule is COc1cc(/C=N\Nc2nc3ccccc3s2)ccc1OC(=O)c1ccc(Cl)cc1. The maximum absolute atomic E-state index is 12.3. The molecule has 1 N–H and O–H groups in total. The number of thiazole rings is 1. The average molecular weight is 438 g/mol. The van der Waals surface area contributed by atoms with E-state index in [1.165, 1.54) is 18.4 Å². The van der Waals surface area contributed by atoms with Crippen LogP contribution in [0.5, 0.6) is 11.5 Å². The second kappa shape index (κ2) is 8.94. The monoisotopic (exact) mass is 437 g/mol. The van der Waals surface area contributed by atoms with E-state index in [4.69, 9.17) is 21.1 Å². The lowest BCUT2D eigenvalue weighted by atomic mass is 10.2. The normalized spacial score (nSPS) is 11.0. The molecule has 0 aliphatic rings. The number of fused-ring (bicyclic) bond motifs is 1. The number of methoxy groups -OCH3 is 1. The van der Waals surface area contributed by atoms with Gasteiger partial charge in [-0.2, -0.15) is 5.10 Å². The molecule has 0 radical (unpaired) electrons. The number of carbonyl (C=O) groups excluding carboxylic acids is 1. The molecule has 150 valence electrons. The maximum atomic E-state index is 12.3. The molecule has 30 heavy (non-hydrogen) atoms. The number of esters is 1. The molecule has 1 heterocycles. The second-order valence-electron chi connectivity index (χ2n) is 6.16. The Balaban J connectivity index is 1.45. The smallest absolute Gasteiger partial charge is 0.343 e. The molecule has 0 saturated heterocycles. The van der Waals surface area contributed by atoms with Crippen LogP contribution in [0.15, 0.2) is 71.8 Å². The van der Waals surface area contributed by atoms with Crippen LogP contribution in [0.2, 0.25) is 5.02 Å². The Hall–Kier alpha value is -3.42. The third kappa shape index (κ3) is 4.59. The lowest BCUT2D eigenvalue weighted by Gasteiger charge is -2.10. The number of carbonyl (C=O) groups is 1. The van der Waals surface area contributed by atoms with E-state index in [9.17, 15) is 4.79 Å². The van der Waals surface area contributed by atoms with Crippen molar-refractivity contribution in [3.63, 3.8) is 0 Å². The van der Waals surface area contributed by atoms with Gasteiger partial charge in [-0.15, -0.1) is 0 Å². The van der Waals surface area contributed by atoms with E-state index in [0.717, 1.165) is 15.8 Å². The molecule has 1 aromatic heterocycles. The van der Waals surface area contributed by atoms with Gasteiger partial charge in [0.05, 0.1) is 29.1 Å². The molecule has 6 nitrogen and oxygen atoms in total. The summed E-state index contributed by atoms with van der Waals surface area (Å²) in [6.07, 6.45) is 1.64. The van der Waals surface area contributed by atoms with Crippen molar-refractivity contribution < 1.29 is 14.3 Å². The Morgan fingerprint density at radius 1 is 1.10 bits per heavy atom. The molecule has 4 aromatic rings. The number of nitrogens with zero attached hydrogens (tertiary/aromatic N) is 2. The fourth-order valence-corrected chi connectivity index (χ4v) is 3.62. The number of aromatic nitrogens is 1. The molecule has 0 unspecified atom stereocenters. The van der Waals surface area contributed by atoms with Crippen molar-refractivity contribution in [1.29, 1.82) is 0 Å². The van der Waals surface area contributed by atoms with E-state index < -0.39 is 5.97 Å². The lowest BCUT2D eigenvalue weighted by molar-refractivity contribution is 0.0729. The second-order valence-corrected chi connectivity index (χ2v) is 7.63. The molecule has 0 spiro atoms. The van der Waals surface area contributed by atoms with Crippen LogP contribution in [0.3, 0.4) is 0 Å². The summed E-state index contributed by atoms with van der Waals surface area (Å²) < 4.78 is 11.9. The fraction of sp³-hybridized carbons (Fsp3) is 0.0455. The predicted molar refractivity (Wildman–Crippen MR) is 120 cm³/mol. The fourth-order valence-electron chi connectivity index (χ4n) is 2.68. The van der Waals surface area contributed by atoms with Crippen molar-refractivity contribution in [2.45, 2.75) is 0 Å². The van der Waals surface area contributed by atoms with E-state index in [2.05, 4.69) is 15.5 Å². The number of halogens is 1. The van der Waals surface area contributed by atoms with Crippen LogP contribution in [0.4, 0.5) is 5.13 Å². The van der Waals surface area contributed by atoms with Crippen molar-refractivity contribution in [2.75, 3.05) is 12.5 Å². The van der Waals surface area contributed by atoms with Crippen LogP contribution in [-0.2, 0) is 0 Å². The largest absolute Gasteiger partial charge is 0.493 e. The summed E-state index contributed by atoms with van der Waals surface area (Å²) >= 11 is 7.37. The van der Waals surface area contributed by atoms with Gasteiger partial charge in [0.2, 0.25) is 5.13 Å². The summed E-state index contributed by atoms with van der Waals surface area (Å²) in [4.78, 5) is 16.8. The van der Waals surface area contributed by atoms with Crippen LogP contribution in [0.1, 0.15) is 15.9 Å². The maximum Gasteiger partial charge on any atom is 0.343 e. The highest BCUT2D eigenvalue weighted by atomic mass is 35.5. The molecule has 0 fully saturated rings. The zero-order valence-electron chi connectivity index (χ0n) is 15.8. The van der Waals surface area contributed by atoms with Crippen LogP contribution in [-0.4, -0.2) is 24.3 Å². The minimum Gasteiger partial charge on any atom is -0.493 e. The first-order chi connectivity index (χ1) is 14.6. The lowest BCUT2D eigenvalue weighted by Crippen LogP contribution is -2.09. The Morgan fingerprint density at radius 2 is 1.90 bits per heavy atom. The molecule has 0 bridgehead atoms. The summed E-state index contributed by atoms with van der Waals surface area (Å²) in [6.45, 7) is 0. The van der Waals surface area contributed by atoms with Gasteiger partial charge in [-0.25, -0.2) is 9.78 Å². The summed E-state index contributed by atoms with van der Waals surface area (Å²) in [5, 5.41) is 5.48. The van der Waals surface area contributed by atoms with Crippen LogP contribution < -0.4 is 14.9 Å². The number of hydrazone groups is 1. The molecule has 3 aromatic carbocycles. The number of nitrogens with one attached hydrogen (secondary N) is 1. The van der Waals surface area contributed by atoms with Gasteiger partial charge in [-0.3, -0.25) is 5.43 Å². The van der Waals surface area contributed by atoms with Gasteiger partial charge in [0.25, 0.3) is 0 Å². The van der Waals surface area contributed by atoms with Gasteiger partial charge >= 0.3 is 5.97 Å². The third-order valence-corrected chi connectivity index (χ3v) is 5.33. The highest BCUT2D eigenvalue weighted by Gasteiger charge is 2.13. The summed E-state index contributed by atoms with van der Waals surface area (Å²) in [6, 6.07) is 19.5. The number of hydrogen-bond acceptors (Lipinski definition) is 7. The quantitative estimate of drug-likeness (QED) is 0.183. The van der Waals surface area contributed by atoms with Crippen molar-refractivity contribution in [1.82, 2.24) is 4.98 Å². The summed E-state index contributed by atoms with van der Waals surface area (Å²) in [7, 11) is 1.51. The number of rotatable bonds is 6. The third-order valence-electron chi connectivity index (χ3n) is 4.14. The molecular weight excluding hydrogens is 422 g/mol. The van der Waals surface area contributed by atoms with Crippen molar-refractivity contribution in [3.8, 4) is 11.5 Å². The molecule has 4 rings (SSSR count). The Bertz CT molecular complexity index is 1190. The van der Waals surface area contributed by atoms with Crippen LogP contribution in [0, 0.1) is 0 Å². The first-order valence-electron chi connectivity index (χ1n) is 8.93.